The van der Waals surface area contributed by atoms with Gasteiger partial charge in [-0.3, -0.25) is 0 Å². The highest BCUT2D eigenvalue weighted by Crippen LogP contribution is 2.37. The van der Waals surface area contributed by atoms with Crippen molar-refractivity contribution in [2.75, 3.05) is 13.2 Å². The fourth-order valence-corrected chi connectivity index (χ4v) is 4.86. The third kappa shape index (κ3) is 6.61. The molecular weight excluding hydrogens is 512 g/mol. The zero-order valence-electron chi connectivity index (χ0n) is 22.1. The number of ether oxygens (including phenoxy) is 3. The van der Waals surface area contributed by atoms with Crippen molar-refractivity contribution in [1.82, 2.24) is 0 Å². The van der Waals surface area contributed by atoms with Crippen LogP contribution in [0.3, 0.4) is 0 Å². The lowest BCUT2D eigenvalue weighted by molar-refractivity contribution is 0.0230. The summed E-state index contributed by atoms with van der Waals surface area (Å²) in [5.74, 6) is -5.80. The molecule has 0 N–H and O–H groups in total. The van der Waals surface area contributed by atoms with E-state index in [0.717, 1.165) is 25.7 Å². The highest BCUT2D eigenvalue weighted by atomic mass is 19.2. The Hall–Kier alpha value is -3.39. The molecule has 0 unspecified atom stereocenters. The van der Waals surface area contributed by atoms with Crippen LogP contribution in [-0.2, 0) is 4.74 Å². The third-order valence-electron chi connectivity index (χ3n) is 7.02. The second-order valence-electron chi connectivity index (χ2n) is 9.61. The molecule has 3 aromatic rings. The van der Waals surface area contributed by atoms with Gasteiger partial charge in [0.2, 0.25) is 5.82 Å². The number of esters is 1. The number of benzene rings is 3. The molecule has 1 fully saturated rings. The molecule has 1 aliphatic rings. The zero-order valence-corrected chi connectivity index (χ0v) is 22.1. The Morgan fingerprint density at radius 3 is 2.21 bits per heavy atom. The molecule has 1 saturated carbocycles. The zero-order chi connectivity index (χ0) is 27.9. The van der Waals surface area contributed by atoms with E-state index in [4.69, 9.17) is 14.2 Å². The Labute approximate surface area is 225 Å². The van der Waals surface area contributed by atoms with Crippen molar-refractivity contribution in [2.24, 2.45) is 0 Å². The van der Waals surface area contributed by atoms with Gasteiger partial charge in [0.05, 0.1) is 18.3 Å². The highest BCUT2D eigenvalue weighted by molar-refractivity contribution is 5.91. The summed E-state index contributed by atoms with van der Waals surface area (Å²) in [4.78, 5) is 12.6. The average Bonchev–Trinajstić information content (AvgIpc) is 2.94. The van der Waals surface area contributed by atoms with Crippen molar-refractivity contribution in [3.63, 3.8) is 0 Å². The molecule has 208 valence electrons. The molecule has 0 heterocycles. The number of hydrogen-bond donors (Lipinski definition) is 0. The van der Waals surface area contributed by atoms with Gasteiger partial charge in [0.25, 0.3) is 0 Å². The number of unbranched alkanes of at least 4 members (excludes halogenated alkanes) is 1. The molecule has 0 aromatic heterocycles. The minimum atomic E-state index is -1.25. The first-order chi connectivity index (χ1) is 18.8. The van der Waals surface area contributed by atoms with Crippen molar-refractivity contribution in [3.8, 4) is 22.6 Å². The molecule has 0 atom stereocenters. The van der Waals surface area contributed by atoms with Gasteiger partial charge < -0.3 is 14.2 Å². The largest absolute Gasteiger partial charge is 0.491 e. The van der Waals surface area contributed by atoms with Crippen LogP contribution in [-0.4, -0.2) is 25.3 Å². The quantitative estimate of drug-likeness (QED) is 0.111. The van der Waals surface area contributed by atoms with Gasteiger partial charge in [0.1, 0.15) is 5.75 Å². The Kier molecular flexibility index (Phi) is 9.62. The topological polar surface area (TPSA) is 44.8 Å². The molecule has 0 radical (unpaired) electrons. The van der Waals surface area contributed by atoms with Crippen molar-refractivity contribution < 1.29 is 36.6 Å². The minimum Gasteiger partial charge on any atom is -0.491 e. The van der Waals surface area contributed by atoms with Crippen LogP contribution < -0.4 is 9.47 Å². The van der Waals surface area contributed by atoms with E-state index in [-0.39, 0.29) is 41.3 Å². The van der Waals surface area contributed by atoms with Crippen LogP contribution in [0.5, 0.6) is 11.5 Å². The smallest absolute Gasteiger partial charge is 0.346 e. The van der Waals surface area contributed by atoms with E-state index >= 15 is 0 Å². The predicted octanol–water partition coefficient (Wildman–Crippen LogP) is 8.37. The van der Waals surface area contributed by atoms with Gasteiger partial charge in [-0.25, -0.2) is 18.0 Å². The molecule has 3 aromatic carbocycles. The van der Waals surface area contributed by atoms with E-state index < -0.39 is 34.8 Å². The molecule has 1 aliphatic carbocycles. The Morgan fingerprint density at radius 1 is 0.821 bits per heavy atom. The van der Waals surface area contributed by atoms with Gasteiger partial charge in [-0.1, -0.05) is 31.5 Å². The summed E-state index contributed by atoms with van der Waals surface area (Å²) in [6, 6.07) is 11.0. The lowest BCUT2D eigenvalue weighted by Gasteiger charge is -2.29. The molecule has 8 heteroatoms. The second kappa shape index (κ2) is 13.1. The van der Waals surface area contributed by atoms with Gasteiger partial charge in [0.15, 0.2) is 23.2 Å². The van der Waals surface area contributed by atoms with Gasteiger partial charge in [-0.15, -0.1) is 0 Å². The van der Waals surface area contributed by atoms with Crippen molar-refractivity contribution in [2.45, 2.75) is 64.4 Å². The maximum Gasteiger partial charge on any atom is 0.346 e. The molecule has 0 amide bonds. The SMILES string of the molecule is CCCCOC1CCC(c2ccc(C(=O)Oc3ccc(-c4ccc(OCC)c(F)c4F)cc3)c(F)c2F)CC1. The molecule has 4 nitrogen and oxygen atoms in total. The maximum absolute atomic E-state index is 15.0. The van der Waals surface area contributed by atoms with Crippen LogP contribution in [0.15, 0.2) is 48.5 Å². The number of carbonyl (C=O) groups is 1. The lowest BCUT2D eigenvalue weighted by atomic mass is 9.82. The molecule has 4 rings (SSSR count). The fraction of sp³-hybridized carbons (Fsp3) is 0.387. The summed E-state index contributed by atoms with van der Waals surface area (Å²) in [7, 11) is 0. The van der Waals surface area contributed by atoms with E-state index in [2.05, 4.69) is 6.92 Å². The van der Waals surface area contributed by atoms with E-state index in [0.29, 0.717) is 25.0 Å². The van der Waals surface area contributed by atoms with Gasteiger partial charge >= 0.3 is 5.97 Å². The number of rotatable bonds is 10. The average molecular weight is 545 g/mol. The van der Waals surface area contributed by atoms with Crippen LogP contribution >= 0.6 is 0 Å². The Morgan fingerprint density at radius 2 is 1.54 bits per heavy atom. The molecular formula is C31H32F4O4. The van der Waals surface area contributed by atoms with E-state index in [1.807, 2.05) is 0 Å². The second-order valence-corrected chi connectivity index (χ2v) is 9.61. The van der Waals surface area contributed by atoms with Crippen molar-refractivity contribution in [3.05, 3.63) is 82.9 Å². The van der Waals surface area contributed by atoms with Gasteiger partial charge in [0, 0.05) is 12.2 Å². The molecule has 39 heavy (non-hydrogen) atoms. The lowest BCUT2D eigenvalue weighted by Crippen LogP contribution is -2.22. The normalized spacial score (nSPS) is 17.2. The van der Waals surface area contributed by atoms with Crippen LogP contribution in [0.2, 0.25) is 0 Å². The van der Waals surface area contributed by atoms with E-state index in [1.165, 1.54) is 48.5 Å². The Bertz CT molecular complexity index is 1280. The number of hydrogen-bond acceptors (Lipinski definition) is 4. The summed E-state index contributed by atoms with van der Waals surface area (Å²) in [5, 5.41) is 0. The maximum atomic E-state index is 15.0. The minimum absolute atomic E-state index is 0.000843. The fourth-order valence-electron chi connectivity index (χ4n) is 4.86. The summed E-state index contributed by atoms with van der Waals surface area (Å²) in [5.41, 5.74) is 0.0713. The summed E-state index contributed by atoms with van der Waals surface area (Å²) in [6.45, 7) is 4.67. The van der Waals surface area contributed by atoms with Crippen LogP contribution in [0.4, 0.5) is 17.6 Å². The first kappa shape index (κ1) is 28.6. The van der Waals surface area contributed by atoms with E-state index in [9.17, 15) is 22.4 Å². The van der Waals surface area contributed by atoms with Crippen LogP contribution in [0.1, 0.15) is 74.2 Å². The van der Waals surface area contributed by atoms with Crippen molar-refractivity contribution >= 4 is 5.97 Å². The number of carbonyl (C=O) groups excluding carboxylic acids is 1. The molecule has 0 aliphatic heterocycles. The summed E-state index contributed by atoms with van der Waals surface area (Å²) < 4.78 is 74.8. The van der Waals surface area contributed by atoms with Gasteiger partial charge in [-0.05, 0) is 86.4 Å². The van der Waals surface area contributed by atoms with Crippen molar-refractivity contribution in [1.29, 1.82) is 0 Å². The molecule has 0 bridgehead atoms. The third-order valence-corrected chi connectivity index (χ3v) is 7.02. The van der Waals surface area contributed by atoms with Gasteiger partial charge in [-0.2, -0.15) is 4.39 Å². The van der Waals surface area contributed by atoms with Crippen LogP contribution in [0, 0.1) is 23.3 Å². The highest BCUT2D eigenvalue weighted by Gasteiger charge is 2.28. The number of halogens is 4. The first-order valence-corrected chi connectivity index (χ1v) is 13.4. The standard InChI is InChI=1S/C31H32F4O4/c1-3-5-18-38-21-10-6-19(7-11-21)23-14-15-25(29(34)27(23)32)31(36)39-22-12-8-20(9-13-22)24-16-17-26(37-4-2)30(35)28(24)33/h8-9,12-17,19,21H,3-7,10-11,18H2,1-2H3. The molecule has 0 spiro atoms. The predicted molar refractivity (Wildman–Crippen MR) is 140 cm³/mol. The van der Waals surface area contributed by atoms with E-state index in [1.54, 1.807) is 6.92 Å². The first-order valence-electron chi connectivity index (χ1n) is 13.4. The Balaban J connectivity index is 1.41. The summed E-state index contributed by atoms with van der Waals surface area (Å²) in [6.07, 6.45) is 5.13. The van der Waals surface area contributed by atoms with Crippen LogP contribution in [0.25, 0.3) is 11.1 Å². The molecule has 0 saturated heterocycles. The summed E-state index contributed by atoms with van der Waals surface area (Å²) >= 11 is 0. The monoisotopic (exact) mass is 544 g/mol.